The van der Waals surface area contributed by atoms with Crippen LogP contribution in [0.5, 0.6) is 0 Å². The minimum Gasteiger partial charge on any atom is -0.357 e. The second kappa shape index (κ2) is 8.69. The van der Waals surface area contributed by atoms with E-state index in [2.05, 4.69) is 15.6 Å². The van der Waals surface area contributed by atoms with Crippen LogP contribution in [0.1, 0.15) is 31.1 Å². The molecule has 1 fully saturated rings. The van der Waals surface area contributed by atoms with Gasteiger partial charge in [0.1, 0.15) is 5.82 Å². The average molecular weight is 399 g/mol. The van der Waals surface area contributed by atoms with Crippen LogP contribution in [0.2, 0.25) is 0 Å². The molecular weight excluding hydrogens is 371 g/mol. The van der Waals surface area contributed by atoms with Gasteiger partial charge in [-0.3, -0.25) is 9.79 Å². The summed E-state index contributed by atoms with van der Waals surface area (Å²) in [5, 5.41) is 5.80. The first-order valence-electron chi connectivity index (χ1n) is 8.96. The van der Waals surface area contributed by atoms with Crippen molar-refractivity contribution in [2.45, 2.75) is 25.5 Å². The minimum atomic E-state index is -3.13. The first kappa shape index (κ1) is 21.1. The number of guanidine groups is 1. The van der Waals surface area contributed by atoms with Crippen LogP contribution in [-0.2, 0) is 9.84 Å². The smallest absolute Gasteiger partial charge is 0.254 e. The molecule has 1 aromatic carbocycles. The third-order valence-electron chi connectivity index (χ3n) is 4.46. The zero-order valence-corrected chi connectivity index (χ0v) is 16.8. The van der Waals surface area contributed by atoms with Gasteiger partial charge in [0.15, 0.2) is 15.8 Å². The van der Waals surface area contributed by atoms with Gasteiger partial charge in [0.2, 0.25) is 0 Å². The Kier molecular flexibility index (Phi) is 6.80. The molecule has 0 bridgehead atoms. The number of aliphatic imine (C=N–C) groups is 1. The number of hydrogen-bond donors (Lipinski definition) is 2. The highest BCUT2D eigenvalue weighted by molar-refractivity contribution is 7.92. The normalized spacial score (nSPS) is 18.8. The molecule has 0 aromatic heterocycles. The van der Waals surface area contributed by atoms with Crippen molar-refractivity contribution in [3.05, 3.63) is 35.6 Å². The fraction of sp³-hybridized carbons (Fsp3) is 0.556. The second-order valence-electron chi connectivity index (χ2n) is 6.97. The Balaban J connectivity index is 1.96. The van der Waals surface area contributed by atoms with E-state index in [4.69, 9.17) is 0 Å². The summed E-state index contributed by atoms with van der Waals surface area (Å²) in [6, 6.07) is 5.79. The Hall–Kier alpha value is -2.16. The molecule has 7 nitrogen and oxygen atoms in total. The molecule has 0 aliphatic carbocycles. The van der Waals surface area contributed by atoms with Crippen LogP contribution in [0.4, 0.5) is 4.39 Å². The topological polar surface area (TPSA) is 90.9 Å². The number of sulfone groups is 1. The van der Waals surface area contributed by atoms with Gasteiger partial charge in [0, 0.05) is 26.2 Å². The highest BCUT2D eigenvalue weighted by Crippen LogP contribution is 2.23. The molecule has 9 heteroatoms. The van der Waals surface area contributed by atoms with Crippen LogP contribution in [0.3, 0.4) is 0 Å². The van der Waals surface area contributed by atoms with E-state index in [9.17, 15) is 17.6 Å². The number of nitrogens with zero attached hydrogens (tertiary/aromatic N) is 2. The van der Waals surface area contributed by atoms with Gasteiger partial charge in [-0.25, -0.2) is 12.8 Å². The number of hydrogen-bond acceptors (Lipinski definition) is 4. The number of benzene rings is 1. The molecule has 1 aromatic rings. The summed E-state index contributed by atoms with van der Waals surface area (Å²) in [6.07, 6.45) is 0. The summed E-state index contributed by atoms with van der Waals surface area (Å²) in [7, 11) is -3.13. The molecule has 2 N–H and O–H groups in total. The Bertz CT molecular complexity index is 809. The zero-order valence-electron chi connectivity index (χ0n) is 16.0. The maximum atomic E-state index is 13.6. The number of rotatable bonds is 5. The van der Waals surface area contributed by atoms with Crippen LogP contribution < -0.4 is 10.6 Å². The molecular formula is C18H27FN4O3S. The molecule has 0 saturated carbocycles. The summed E-state index contributed by atoms with van der Waals surface area (Å²) in [5.41, 5.74) is -0.00336. The van der Waals surface area contributed by atoms with Gasteiger partial charge in [0.05, 0.1) is 22.6 Å². The number of amides is 1. The van der Waals surface area contributed by atoms with Crippen LogP contribution >= 0.6 is 0 Å². The largest absolute Gasteiger partial charge is 0.357 e. The van der Waals surface area contributed by atoms with Crippen LogP contribution in [-0.4, -0.2) is 68.4 Å². The van der Waals surface area contributed by atoms with E-state index in [0.717, 1.165) is 0 Å². The molecule has 27 heavy (non-hydrogen) atoms. The summed E-state index contributed by atoms with van der Waals surface area (Å²) >= 11 is 0. The van der Waals surface area contributed by atoms with E-state index in [1.807, 2.05) is 11.8 Å². The number of carbonyl (C=O) groups is 1. The summed E-state index contributed by atoms with van der Waals surface area (Å²) in [5.74, 6) is -0.364. The van der Waals surface area contributed by atoms with Crippen LogP contribution in [0, 0.1) is 5.82 Å². The van der Waals surface area contributed by atoms with E-state index < -0.39 is 26.3 Å². The molecule has 1 heterocycles. The lowest BCUT2D eigenvalue weighted by molar-refractivity contribution is 0.0950. The molecule has 0 spiro atoms. The van der Waals surface area contributed by atoms with Crippen LogP contribution in [0.15, 0.2) is 29.3 Å². The third kappa shape index (κ3) is 5.18. The van der Waals surface area contributed by atoms with Gasteiger partial charge in [-0.15, -0.1) is 0 Å². The van der Waals surface area contributed by atoms with E-state index in [-0.39, 0.29) is 17.9 Å². The molecule has 1 saturated heterocycles. The van der Waals surface area contributed by atoms with E-state index in [1.165, 1.54) is 18.2 Å². The first-order chi connectivity index (χ1) is 12.7. The second-order valence-corrected chi connectivity index (χ2v) is 9.71. The van der Waals surface area contributed by atoms with Crippen molar-refractivity contribution in [3.8, 4) is 0 Å². The molecule has 0 unspecified atom stereocenters. The third-order valence-corrected chi connectivity index (χ3v) is 6.99. The lowest BCUT2D eigenvalue weighted by atomic mass is 10.2. The monoisotopic (exact) mass is 398 g/mol. The molecule has 2 rings (SSSR count). The van der Waals surface area contributed by atoms with Crippen molar-refractivity contribution in [2.75, 3.05) is 38.5 Å². The number of halogens is 1. The Labute approximate surface area is 160 Å². The maximum Gasteiger partial charge on any atom is 0.254 e. The summed E-state index contributed by atoms with van der Waals surface area (Å²) in [6.45, 7) is 7.27. The summed E-state index contributed by atoms with van der Waals surface area (Å²) < 4.78 is 37.1. The van der Waals surface area contributed by atoms with E-state index >= 15 is 0 Å². The molecule has 1 amide bonds. The van der Waals surface area contributed by atoms with Crippen molar-refractivity contribution in [1.82, 2.24) is 15.5 Å². The fourth-order valence-electron chi connectivity index (χ4n) is 2.82. The summed E-state index contributed by atoms with van der Waals surface area (Å²) in [4.78, 5) is 18.4. The van der Waals surface area contributed by atoms with Crippen molar-refractivity contribution < 1.29 is 17.6 Å². The van der Waals surface area contributed by atoms with Crippen LogP contribution in [0.25, 0.3) is 0 Å². The standard InChI is InChI=1S/C18H27FN4O3S/c1-4-20-17(23-11-12-27(25,26)18(2,3)13-23)22-10-9-21-16(24)14-7-5-6-8-15(14)19/h5-8H,4,9-13H2,1-3H3,(H,20,22)(H,21,24). The minimum absolute atomic E-state index is 0.00336. The predicted molar refractivity (Wildman–Crippen MR) is 104 cm³/mol. The zero-order chi connectivity index (χ0) is 20.1. The number of carbonyl (C=O) groups excluding carboxylic acids is 1. The molecule has 0 atom stereocenters. The van der Waals surface area contributed by atoms with Gasteiger partial charge >= 0.3 is 0 Å². The van der Waals surface area contributed by atoms with Gasteiger partial charge in [0.25, 0.3) is 5.91 Å². The highest BCUT2D eigenvalue weighted by Gasteiger charge is 2.40. The van der Waals surface area contributed by atoms with E-state index in [1.54, 1.807) is 19.9 Å². The Morgan fingerprint density at radius 3 is 2.63 bits per heavy atom. The molecule has 1 aliphatic heterocycles. The van der Waals surface area contributed by atoms with E-state index in [0.29, 0.717) is 32.1 Å². The van der Waals surface area contributed by atoms with Crippen molar-refractivity contribution in [3.63, 3.8) is 0 Å². The van der Waals surface area contributed by atoms with Gasteiger partial charge < -0.3 is 15.5 Å². The Morgan fingerprint density at radius 2 is 2.00 bits per heavy atom. The molecule has 1 aliphatic rings. The van der Waals surface area contributed by atoms with Crippen molar-refractivity contribution in [2.24, 2.45) is 4.99 Å². The van der Waals surface area contributed by atoms with Gasteiger partial charge in [-0.2, -0.15) is 0 Å². The Morgan fingerprint density at radius 1 is 1.30 bits per heavy atom. The first-order valence-corrected chi connectivity index (χ1v) is 10.6. The SMILES string of the molecule is CCNC(=NCCNC(=O)c1ccccc1F)N1CCS(=O)(=O)C(C)(C)C1. The number of nitrogens with one attached hydrogen (secondary N) is 2. The molecule has 150 valence electrons. The molecule has 0 radical (unpaired) electrons. The predicted octanol–water partition coefficient (Wildman–Crippen LogP) is 1.03. The maximum absolute atomic E-state index is 13.6. The average Bonchev–Trinajstić information content (AvgIpc) is 2.60. The van der Waals surface area contributed by atoms with Crippen molar-refractivity contribution in [1.29, 1.82) is 0 Å². The quantitative estimate of drug-likeness (QED) is 0.439. The highest BCUT2D eigenvalue weighted by atomic mass is 32.2. The van der Waals surface area contributed by atoms with Gasteiger partial charge in [-0.05, 0) is 32.9 Å². The van der Waals surface area contributed by atoms with Crippen molar-refractivity contribution >= 4 is 21.7 Å². The lowest BCUT2D eigenvalue weighted by Crippen LogP contribution is -2.57. The fourth-order valence-corrected chi connectivity index (χ4v) is 4.19. The van der Waals surface area contributed by atoms with Gasteiger partial charge in [-0.1, -0.05) is 12.1 Å². The lowest BCUT2D eigenvalue weighted by Gasteiger charge is -2.39.